The number of carboxylic acid groups (broad SMARTS) is 1. The van der Waals surface area contributed by atoms with Gasteiger partial charge in [-0.2, -0.15) is 0 Å². The predicted octanol–water partition coefficient (Wildman–Crippen LogP) is 0.0344. The van der Waals surface area contributed by atoms with Gasteiger partial charge in [-0.15, -0.1) is 10.2 Å². The van der Waals surface area contributed by atoms with Gasteiger partial charge in [-0.1, -0.05) is 11.8 Å². The zero-order valence-corrected chi connectivity index (χ0v) is 11.9. The molecule has 1 aromatic rings. The van der Waals surface area contributed by atoms with E-state index in [1.165, 1.54) is 4.90 Å². The smallest absolute Gasteiger partial charge is 0.316 e. The van der Waals surface area contributed by atoms with E-state index in [4.69, 9.17) is 5.11 Å². The number of carbonyl (C=O) groups is 2. The molecule has 1 aromatic heterocycles. The van der Waals surface area contributed by atoms with Gasteiger partial charge in [0.05, 0.1) is 5.75 Å². The summed E-state index contributed by atoms with van der Waals surface area (Å²) >= 11 is 1.11. The fraction of sp³-hybridized carbons (Fsp3) is 0.600. The molecule has 106 valence electrons. The summed E-state index contributed by atoms with van der Waals surface area (Å²) in [6.45, 7) is 2.71. The molecule has 2 amide bonds. The number of hydrogen-bond donors (Lipinski definition) is 2. The second-order valence-corrected chi connectivity index (χ2v) is 4.93. The van der Waals surface area contributed by atoms with Gasteiger partial charge in [-0.25, -0.2) is 4.79 Å². The summed E-state index contributed by atoms with van der Waals surface area (Å²) < 4.78 is 1.78. The summed E-state index contributed by atoms with van der Waals surface area (Å²) in [6, 6.07) is -0.175. The van der Waals surface area contributed by atoms with Gasteiger partial charge < -0.3 is 19.9 Å². The van der Waals surface area contributed by atoms with Gasteiger partial charge in [0.25, 0.3) is 0 Å². The Hall–Kier alpha value is -1.77. The molecule has 0 fully saturated rings. The number of aromatic nitrogens is 3. The summed E-state index contributed by atoms with van der Waals surface area (Å²) in [6.07, 6.45) is 0. The molecule has 19 heavy (non-hydrogen) atoms. The minimum atomic E-state index is -0.905. The van der Waals surface area contributed by atoms with Crippen LogP contribution in [0.2, 0.25) is 0 Å². The second-order valence-electron chi connectivity index (χ2n) is 3.99. The first kappa shape index (κ1) is 15.3. The molecule has 0 aliphatic carbocycles. The summed E-state index contributed by atoms with van der Waals surface area (Å²) in [5.41, 5.74) is 0. The van der Waals surface area contributed by atoms with Gasteiger partial charge in [0, 0.05) is 27.2 Å². The Kier molecular flexibility index (Phi) is 5.61. The van der Waals surface area contributed by atoms with Crippen molar-refractivity contribution in [3.05, 3.63) is 5.82 Å². The third-order valence-electron chi connectivity index (χ3n) is 2.24. The molecule has 0 aliphatic heterocycles. The first-order valence-corrected chi connectivity index (χ1v) is 6.60. The Bertz CT molecular complexity index is 460. The third-order valence-corrected chi connectivity index (χ3v) is 3.20. The standard InChI is InChI=1S/C10H17N5O3S/c1-7-12-13-10(19-6-8(16)17)15(7)5-4-11-9(18)14(2)3/h4-6H2,1-3H3,(H,11,18)(H,16,17). The Morgan fingerprint density at radius 1 is 1.42 bits per heavy atom. The SMILES string of the molecule is Cc1nnc(SCC(=O)O)n1CCNC(=O)N(C)C. The molecule has 0 spiro atoms. The van der Waals surface area contributed by atoms with Crippen molar-refractivity contribution >= 4 is 23.8 Å². The summed E-state index contributed by atoms with van der Waals surface area (Å²) in [7, 11) is 3.32. The van der Waals surface area contributed by atoms with Crippen molar-refractivity contribution in [2.75, 3.05) is 26.4 Å². The van der Waals surface area contributed by atoms with Crippen LogP contribution in [0.3, 0.4) is 0 Å². The number of rotatable bonds is 6. The number of thioether (sulfide) groups is 1. The average molecular weight is 287 g/mol. The number of carboxylic acids is 1. The quantitative estimate of drug-likeness (QED) is 0.716. The van der Waals surface area contributed by atoms with Crippen LogP contribution in [0.4, 0.5) is 4.79 Å². The highest BCUT2D eigenvalue weighted by Gasteiger charge is 2.11. The van der Waals surface area contributed by atoms with Crippen LogP contribution in [0.25, 0.3) is 0 Å². The zero-order chi connectivity index (χ0) is 14.4. The fourth-order valence-corrected chi connectivity index (χ4v) is 2.02. The van der Waals surface area contributed by atoms with E-state index in [-0.39, 0.29) is 11.8 Å². The lowest BCUT2D eigenvalue weighted by molar-refractivity contribution is -0.133. The molecule has 8 nitrogen and oxygen atoms in total. The second kappa shape index (κ2) is 6.98. The van der Waals surface area contributed by atoms with Crippen LogP contribution >= 0.6 is 11.8 Å². The van der Waals surface area contributed by atoms with Crippen molar-refractivity contribution in [2.45, 2.75) is 18.6 Å². The highest BCUT2D eigenvalue weighted by Crippen LogP contribution is 2.15. The van der Waals surface area contributed by atoms with Crippen molar-refractivity contribution in [2.24, 2.45) is 0 Å². The number of nitrogens with zero attached hydrogens (tertiary/aromatic N) is 4. The molecule has 0 unspecified atom stereocenters. The van der Waals surface area contributed by atoms with Crippen molar-refractivity contribution in [1.29, 1.82) is 0 Å². The van der Waals surface area contributed by atoms with Crippen molar-refractivity contribution in [3.63, 3.8) is 0 Å². The number of aryl methyl sites for hydroxylation is 1. The number of hydrogen-bond acceptors (Lipinski definition) is 5. The summed E-state index contributed by atoms with van der Waals surface area (Å²) in [5, 5.41) is 19.7. The van der Waals surface area contributed by atoms with Crippen LogP contribution in [0.1, 0.15) is 5.82 Å². The number of aliphatic carboxylic acids is 1. The molecule has 0 radical (unpaired) electrons. The lowest BCUT2D eigenvalue weighted by Gasteiger charge is -2.13. The first-order valence-electron chi connectivity index (χ1n) is 5.61. The molecular formula is C10H17N5O3S. The molecular weight excluding hydrogens is 270 g/mol. The van der Waals surface area contributed by atoms with Crippen molar-refractivity contribution < 1.29 is 14.7 Å². The molecule has 0 bridgehead atoms. The van der Waals surface area contributed by atoms with Crippen LogP contribution in [-0.4, -0.2) is 63.2 Å². The molecule has 2 N–H and O–H groups in total. The highest BCUT2D eigenvalue weighted by atomic mass is 32.2. The Labute approximate surface area is 115 Å². The summed E-state index contributed by atoms with van der Waals surface area (Å²) in [4.78, 5) is 23.3. The maximum atomic E-state index is 11.3. The van der Waals surface area contributed by atoms with Crippen LogP contribution < -0.4 is 5.32 Å². The van der Waals surface area contributed by atoms with Crippen LogP contribution in [0.15, 0.2) is 5.16 Å². The normalized spacial score (nSPS) is 10.3. The van der Waals surface area contributed by atoms with Crippen molar-refractivity contribution in [3.8, 4) is 0 Å². The van der Waals surface area contributed by atoms with Gasteiger partial charge in [-0.05, 0) is 6.92 Å². The topological polar surface area (TPSA) is 100 Å². The van der Waals surface area contributed by atoms with Gasteiger partial charge in [-0.3, -0.25) is 4.79 Å². The van der Waals surface area contributed by atoms with Gasteiger partial charge in [0.2, 0.25) is 0 Å². The molecule has 0 aromatic carbocycles. The van der Waals surface area contributed by atoms with Crippen LogP contribution in [-0.2, 0) is 11.3 Å². The van der Waals surface area contributed by atoms with Crippen molar-refractivity contribution in [1.82, 2.24) is 25.0 Å². The molecule has 1 rings (SSSR count). The number of amides is 2. The molecule has 1 heterocycles. The largest absolute Gasteiger partial charge is 0.481 e. The number of urea groups is 1. The van der Waals surface area contributed by atoms with E-state index < -0.39 is 5.97 Å². The Morgan fingerprint density at radius 3 is 2.68 bits per heavy atom. The van der Waals surface area contributed by atoms with Gasteiger partial charge in [0.1, 0.15) is 5.82 Å². The number of carbonyl (C=O) groups excluding carboxylic acids is 1. The minimum Gasteiger partial charge on any atom is -0.481 e. The van der Waals surface area contributed by atoms with E-state index in [0.717, 1.165) is 11.8 Å². The first-order chi connectivity index (χ1) is 8.91. The number of nitrogens with one attached hydrogen (secondary N) is 1. The van der Waals surface area contributed by atoms with Gasteiger partial charge in [0.15, 0.2) is 5.16 Å². The van der Waals surface area contributed by atoms with Crippen LogP contribution in [0.5, 0.6) is 0 Å². The minimum absolute atomic E-state index is 0.0673. The van der Waals surface area contributed by atoms with E-state index in [1.54, 1.807) is 25.6 Å². The van der Waals surface area contributed by atoms with E-state index >= 15 is 0 Å². The lowest BCUT2D eigenvalue weighted by atomic mass is 10.5. The third kappa shape index (κ3) is 4.78. The van der Waals surface area contributed by atoms with Crippen LogP contribution in [0, 0.1) is 6.92 Å². The molecule has 0 saturated heterocycles. The molecule has 0 saturated carbocycles. The Morgan fingerprint density at radius 2 is 2.11 bits per heavy atom. The fourth-order valence-electron chi connectivity index (χ4n) is 1.28. The lowest BCUT2D eigenvalue weighted by Crippen LogP contribution is -2.36. The maximum Gasteiger partial charge on any atom is 0.316 e. The van der Waals surface area contributed by atoms with E-state index in [2.05, 4.69) is 15.5 Å². The average Bonchev–Trinajstić information content (AvgIpc) is 2.68. The zero-order valence-electron chi connectivity index (χ0n) is 11.1. The van der Waals surface area contributed by atoms with E-state index in [1.807, 2.05) is 0 Å². The van der Waals surface area contributed by atoms with Gasteiger partial charge >= 0.3 is 12.0 Å². The molecule has 0 aliphatic rings. The summed E-state index contributed by atoms with van der Waals surface area (Å²) in [5.74, 6) is -0.285. The predicted molar refractivity (Wildman–Crippen MR) is 70.2 cm³/mol. The maximum absolute atomic E-state index is 11.3. The monoisotopic (exact) mass is 287 g/mol. The highest BCUT2D eigenvalue weighted by molar-refractivity contribution is 7.99. The molecule has 9 heteroatoms. The van der Waals surface area contributed by atoms with E-state index in [9.17, 15) is 9.59 Å². The Balaban J connectivity index is 2.55. The van der Waals surface area contributed by atoms with E-state index in [0.29, 0.717) is 24.1 Å². The molecule has 0 atom stereocenters.